The summed E-state index contributed by atoms with van der Waals surface area (Å²) in [7, 11) is 0. The molecule has 1 heterocycles. The van der Waals surface area contributed by atoms with Gasteiger partial charge in [-0.2, -0.15) is 9.90 Å². The number of anilines is 1. The number of aryl methyl sites for hydroxylation is 2. The molecule has 0 aliphatic heterocycles. The first-order valence-electron chi connectivity index (χ1n) is 8.16. The number of benzene rings is 2. The van der Waals surface area contributed by atoms with E-state index in [1.165, 1.54) is 4.80 Å². The van der Waals surface area contributed by atoms with Gasteiger partial charge in [-0.05, 0) is 43.7 Å². The Morgan fingerprint density at radius 1 is 1.11 bits per heavy atom. The predicted octanol–water partition coefficient (Wildman–Crippen LogP) is 3.33. The second-order valence-corrected chi connectivity index (χ2v) is 6.28. The van der Waals surface area contributed by atoms with Gasteiger partial charge in [-0.1, -0.05) is 35.9 Å². The third kappa shape index (κ3) is 4.51. The molecule has 1 N–H and O–H groups in total. The topological polar surface area (TPSA) is 86.1 Å². The van der Waals surface area contributed by atoms with Crippen LogP contribution in [0, 0.1) is 13.8 Å². The number of para-hydroxylation sites is 1. The lowest BCUT2D eigenvalue weighted by molar-refractivity contribution is -0.119. The van der Waals surface area contributed by atoms with Crippen molar-refractivity contribution >= 4 is 29.2 Å². The number of hydrogen-bond donors (Lipinski definition) is 1. The van der Waals surface area contributed by atoms with Crippen molar-refractivity contribution in [2.24, 2.45) is 0 Å². The van der Waals surface area contributed by atoms with E-state index in [0.717, 1.165) is 5.56 Å². The molecule has 3 rings (SSSR count). The van der Waals surface area contributed by atoms with Crippen LogP contribution in [0.2, 0.25) is 5.02 Å². The lowest BCUT2D eigenvalue weighted by Crippen LogP contribution is -2.21. The fourth-order valence-electron chi connectivity index (χ4n) is 2.38. The van der Waals surface area contributed by atoms with Gasteiger partial charge in [-0.25, -0.2) is 4.79 Å². The molecule has 0 bridgehead atoms. The van der Waals surface area contributed by atoms with E-state index in [1.54, 1.807) is 37.3 Å². The number of aromatic nitrogens is 3. The number of nitrogens with one attached hydrogen (secondary N) is 1. The number of amides is 1. The molecule has 2 aromatic carbocycles. The maximum Gasteiger partial charge on any atom is 0.361 e. The van der Waals surface area contributed by atoms with Gasteiger partial charge in [0.1, 0.15) is 0 Å². The Kier molecular flexibility index (Phi) is 5.52. The molecule has 1 aromatic heterocycles. The van der Waals surface area contributed by atoms with Crippen LogP contribution >= 0.6 is 11.6 Å². The van der Waals surface area contributed by atoms with Crippen molar-refractivity contribution in [3.63, 3.8) is 0 Å². The number of nitrogens with zero attached hydrogens (tertiary/aromatic N) is 3. The van der Waals surface area contributed by atoms with Gasteiger partial charge in [0.05, 0.1) is 11.4 Å². The summed E-state index contributed by atoms with van der Waals surface area (Å²) >= 11 is 5.96. The molecule has 0 unspecified atom stereocenters. The van der Waals surface area contributed by atoms with E-state index in [4.69, 9.17) is 16.3 Å². The standard InChI is InChI=1S/C19H17ClN4O3/c1-12-6-3-4-9-16(12)21-17(25)11-27-19(26)18-13(2)22-24(23-18)15-8-5-7-14(20)10-15/h3-10H,11H2,1-2H3,(H,21,25). The first-order valence-corrected chi connectivity index (χ1v) is 8.54. The monoisotopic (exact) mass is 384 g/mol. The summed E-state index contributed by atoms with van der Waals surface area (Å²) in [5.41, 5.74) is 2.62. The summed E-state index contributed by atoms with van der Waals surface area (Å²) in [6, 6.07) is 14.2. The first kappa shape index (κ1) is 18.6. The quantitative estimate of drug-likeness (QED) is 0.682. The van der Waals surface area contributed by atoms with Gasteiger partial charge in [0.25, 0.3) is 5.91 Å². The van der Waals surface area contributed by atoms with E-state index in [0.29, 0.717) is 22.1 Å². The van der Waals surface area contributed by atoms with Crippen LogP contribution in [0.5, 0.6) is 0 Å². The average Bonchev–Trinajstić information content (AvgIpc) is 3.03. The zero-order valence-electron chi connectivity index (χ0n) is 14.8. The first-order chi connectivity index (χ1) is 12.9. The molecule has 0 saturated carbocycles. The number of rotatable bonds is 5. The number of carbonyl (C=O) groups excluding carboxylic acids is 2. The molecule has 8 heteroatoms. The highest BCUT2D eigenvalue weighted by Gasteiger charge is 2.19. The molecular weight excluding hydrogens is 368 g/mol. The van der Waals surface area contributed by atoms with Crippen molar-refractivity contribution in [3.05, 3.63) is 70.5 Å². The van der Waals surface area contributed by atoms with Crippen molar-refractivity contribution in [1.29, 1.82) is 0 Å². The van der Waals surface area contributed by atoms with E-state index in [1.807, 2.05) is 25.1 Å². The highest BCUT2D eigenvalue weighted by atomic mass is 35.5. The Morgan fingerprint density at radius 2 is 1.89 bits per heavy atom. The molecule has 0 spiro atoms. The molecule has 0 radical (unpaired) electrons. The molecule has 0 atom stereocenters. The Labute approximate surface area is 160 Å². The maximum absolute atomic E-state index is 12.3. The average molecular weight is 385 g/mol. The lowest BCUT2D eigenvalue weighted by atomic mass is 10.2. The summed E-state index contributed by atoms with van der Waals surface area (Å²) in [6.45, 7) is 3.09. The van der Waals surface area contributed by atoms with E-state index in [2.05, 4.69) is 15.5 Å². The zero-order chi connectivity index (χ0) is 19.4. The number of carbonyl (C=O) groups is 2. The van der Waals surface area contributed by atoms with Crippen LogP contribution in [0.15, 0.2) is 48.5 Å². The van der Waals surface area contributed by atoms with Crippen molar-refractivity contribution < 1.29 is 14.3 Å². The van der Waals surface area contributed by atoms with Gasteiger partial charge < -0.3 is 10.1 Å². The molecule has 27 heavy (non-hydrogen) atoms. The maximum atomic E-state index is 12.3. The van der Waals surface area contributed by atoms with Gasteiger partial charge >= 0.3 is 5.97 Å². The minimum Gasteiger partial charge on any atom is -0.451 e. The number of ether oxygens (including phenoxy) is 1. The predicted molar refractivity (Wildman–Crippen MR) is 101 cm³/mol. The lowest BCUT2D eigenvalue weighted by Gasteiger charge is -2.08. The van der Waals surface area contributed by atoms with E-state index < -0.39 is 18.5 Å². The Morgan fingerprint density at radius 3 is 2.63 bits per heavy atom. The summed E-state index contributed by atoms with van der Waals surface area (Å²) in [5.74, 6) is -1.15. The smallest absolute Gasteiger partial charge is 0.361 e. The number of hydrogen-bond acceptors (Lipinski definition) is 5. The van der Waals surface area contributed by atoms with Crippen molar-refractivity contribution in [1.82, 2.24) is 15.0 Å². The van der Waals surface area contributed by atoms with E-state index in [9.17, 15) is 9.59 Å². The summed E-state index contributed by atoms with van der Waals surface area (Å²) in [6.07, 6.45) is 0. The van der Waals surface area contributed by atoms with Gasteiger partial charge in [0, 0.05) is 10.7 Å². The summed E-state index contributed by atoms with van der Waals surface area (Å²) in [4.78, 5) is 25.6. The summed E-state index contributed by atoms with van der Waals surface area (Å²) in [5, 5.41) is 11.6. The molecule has 3 aromatic rings. The fraction of sp³-hybridized carbons (Fsp3) is 0.158. The SMILES string of the molecule is Cc1ccccc1NC(=O)COC(=O)c1nn(-c2cccc(Cl)c2)nc1C. The van der Waals surface area contributed by atoms with Gasteiger partial charge in [0.2, 0.25) is 0 Å². The van der Waals surface area contributed by atoms with Gasteiger partial charge in [0.15, 0.2) is 12.3 Å². The number of halogens is 1. The van der Waals surface area contributed by atoms with Gasteiger partial charge in [-0.15, -0.1) is 5.10 Å². The third-order valence-corrected chi connectivity index (χ3v) is 4.00. The molecule has 7 nitrogen and oxygen atoms in total. The van der Waals surface area contributed by atoms with Crippen LogP contribution in [0.1, 0.15) is 21.7 Å². The Balaban J connectivity index is 1.64. The second kappa shape index (κ2) is 8.01. The van der Waals surface area contributed by atoms with E-state index in [-0.39, 0.29) is 5.69 Å². The highest BCUT2D eigenvalue weighted by molar-refractivity contribution is 6.30. The van der Waals surface area contributed by atoms with Crippen LogP contribution in [-0.2, 0) is 9.53 Å². The molecule has 0 fully saturated rings. The van der Waals surface area contributed by atoms with Crippen molar-refractivity contribution in [2.45, 2.75) is 13.8 Å². The van der Waals surface area contributed by atoms with Crippen molar-refractivity contribution in [2.75, 3.05) is 11.9 Å². The molecule has 0 aliphatic carbocycles. The normalized spacial score (nSPS) is 10.5. The fourth-order valence-corrected chi connectivity index (χ4v) is 2.57. The largest absolute Gasteiger partial charge is 0.451 e. The molecular formula is C19H17ClN4O3. The minimum absolute atomic E-state index is 0.0404. The highest BCUT2D eigenvalue weighted by Crippen LogP contribution is 2.15. The van der Waals surface area contributed by atoms with Crippen LogP contribution < -0.4 is 5.32 Å². The van der Waals surface area contributed by atoms with Crippen LogP contribution in [0.25, 0.3) is 5.69 Å². The number of esters is 1. The van der Waals surface area contributed by atoms with Crippen LogP contribution in [0.4, 0.5) is 5.69 Å². The zero-order valence-corrected chi connectivity index (χ0v) is 15.5. The second-order valence-electron chi connectivity index (χ2n) is 5.84. The molecule has 138 valence electrons. The molecule has 0 aliphatic rings. The van der Waals surface area contributed by atoms with Crippen LogP contribution in [-0.4, -0.2) is 33.5 Å². The summed E-state index contributed by atoms with van der Waals surface area (Å²) < 4.78 is 5.06. The van der Waals surface area contributed by atoms with Crippen LogP contribution in [0.3, 0.4) is 0 Å². The Hall–Kier alpha value is -3.19. The van der Waals surface area contributed by atoms with Crippen molar-refractivity contribution in [3.8, 4) is 5.69 Å². The van der Waals surface area contributed by atoms with E-state index >= 15 is 0 Å². The third-order valence-electron chi connectivity index (χ3n) is 3.77. The van der Waals surface area contributed by atoms with Gasteiger partial charge in [-0.3, -0.25) is 4.79 Å². The Bertz CT molecular complexity index is 1000. The molecule has 0 saturated heterocycles. The minimum atomic E-state index is -0.722. The molecule has 1 amide bonds.